The highest BCUT2D eigenvalue weighted by atomic mass is 19.1. The van der Waals surface area contributed by atoms with Crippen molar-refractivity contribution in [3.63, 3.8) is 0 Å². The Morgan fingerprint density at radius 1 is 1.21 bits per heavy atom. The second kappa shape index (κ2) is 7.02. The van der Waals surface area contributed by atoms with Crippen molar-refractivity contribution in [2.75, 3.05) is 19.6 Å². The molecule has 1 atom stereocenters. The topological polar surface area (TPSA) is 58.4 Å². The van der Waals surface area contributed by atoms with E-state index in [9.17, 15) is 18.9 Å². The normalized spacial score (nSPS) is 18.5. The Labute approximate surface area is 138 Å². The summed E-state index contributed by atoms with van der Waals surface area (Å²) in [5, 5.41) is 14.4. The Bertz CT molecular complexity index is 754. The lowest BCUT2D eigenvalue weighted by molar-refractivity contribution is -0.385. The Morgan fingerprint density at radius 3 is 2.75 bits per heavy atom. The fraction of sp³-hybridized carbons (Fsp3) is 0.294. The SMILES string of the molecule is O=[N+]([O-])c1ccc(F)cc1CN1CCNCC1c1cccc(F)c1. The Kier molecular flexibility index (Phi) is 4.82. The van der Waals surface area contributed by atoms with Gasteiger partial charge in [-0.2, -0.15) is 0 Å². The Morgan fingerprint density at radius 2 is 2.00 bits per heavy atom. The van der Waals surface area contributed by atoms with Gasteiger partial charge in [-0.15, -0.1) is 0 Å². The molecule has 0 amide bonds. The van der Waals surface area contributed by atoms with Gasteiger partial charge < -0.3 is 5.32 Å². The van der Waals surface area contributed by atoms with E-state index < -0.39 is 10.7 Å². The summed E-state index contributed by atoms with van der Waals surface area (Å²) >= 11 is 0. The lowest BCUT2D eigenvalue weighted by Crippen LogP contribution is -2.45. The van der Waals surface area contributed by atoms with Gasteiger partial charge in [0, 0.05) is 43.9 Å². The highest BCUT2D eigenvalue weighted by molar-refractivity contribution is 5.40. The van der Waals surface area contributed by atoms with E-state index in [1.165, 1.54) is 24.3 Å². The molecule has 1 unspecified atom stereocenters. The zero-order valence-electron chi connectivity index (χ0n) is 12.9. The predicted molar refractivity (Wildman–Crippen MR) is 85.5 cm³/mol. The minimum Gasteiger partial charge on any atom is -0.314 e. The molecule has 2 aromatic rings. The number of nitro groups is 1. The number of hydrogen-bond acceptors (Lipinski definition) is 4. The van der Waals surface area contributed by atoms with Crippen LogP contribution in [0.1, 0.15) is 17.2 Å². The largest absolute Gasteiger partial charge is 0.314 e. The first kappa shape index (κ1) is 16.5. The molecule has 0 aromatic heterocycles. The van der Waals surface area contributed by atoms with E-state index in [0.717, 1.165) is 18.2 Å². The van der Waals surface area contributed by atoms with Crippen LogP contribution in [0.15, 0.2) is 42.5 Å². The van der Waals surface area contributed by atoms with Crippen molar-refractivity contribution >= 4 is 5.69 Å². The second-order valence-electron chi connectivity index (χ2n) is 5.78. The van der Waals surface area contributed by atoms with Crippen LogP contribution >= 0.6 is 0 Å². The monoisotopic (exact) mass is 333 g/mol. The number of nitro benzene ring substituents is 1. The lowest BCUT2D eigenvalue weighted by Gasteiger charge is -2.36. The molecule has 1 N–H and O–H groups in total. The molecule has 0 spiro atoms. The van der Waals surface area contributed by atoms with Gasteiger partial charge in [-0.1, -0.05) is 12.1 Å². The fourth-order valence-corrected chi connectivity index (χ4v) is 3.06. The van der Waals surface area contributed by atoms with Gasteiger partial charge >= 0.3 is 0 Å². The summed E-state index contributed by atoms with van der Waals surface area (Å²) in [7, 11) is 0. The number of nitrogens with one attached hydrogen (secondary N) is 1. The standard InChI is InChI=1S/C17H17F2N3O2/c18-14-3-1-2-12(8-14)17-10-20-6-7-21(17)11-13-9-15(19)4-5-16(13)22(23)24/h1-5,8-9,17,20H,6-7,10-11H2. The third-order valence-corrected chi connectivity index (χ3v) is 4.20. The first-order valence-corrected chi connectivity index (χ1v) is 7.67. The molecule has 2 aromatic carbocycles. The molecule has 7 heteroatoms. The van der Waals surface area contributed by atoms with Crippen molar-refractivity contribution in [3.05, 3.63) is 75.3 Å². The maximum absolute atomic E-state index is 13.5. The highest BCUT2D eigenvalue weighted by Gasteiger charge is 2.26. The molecular weight excluding hydrogens is 316 g/mol. The van der Waals surface area contributed by atoms with Crippen molar-refractivity contribution in [2.45, 2.75) is 12.6 Å². The minimum absolute atomic E-state index is 0.104. The van der Waals surface area contributed by atoms with E-state index in [2.05, 4.69) is 5.32 Å². The number of rotatable bonds is 4. The summed E-state index contributed by atoms with van der Waals surface area (Å²) in [5.41, 5.74) is 1.01. The summed E-state index contributed by atoms with van der Waals surface area (Å²) in [5.74, 6) is -0.831. The molecule has 24 heavy (non-hydrogen) atoms. The first-order chi connectivity index (χ1) is 11.5. The molecule has 1 fully saturated rings. The second-order valence-corrected chi connectivity index (χ2v) is 5.78. The average molecular weight is 333 g/mol. The molecule has 1 heterocycles. The molecule has 5 nitrogen and oxygen atoms in total. The van der Waals surface area contributed by atoms with Crippen LogP contribution in [-0.2, 0) is 6.54 Å². The molecule has 1 saturated heterocycles. The van der Waals surface area contributed by atoms with Crippen LogP contribution in [0.5, 0.6) is 0 Å². The number of halogens is 2. The van der Waals surface area contributed by atoms with Gasteiger partial charge in [0.15, 0.2) is 0 Å². The summed E-state index contributed by atoms with van der Waals surface area (Å²) in [6.45, 7) is 2.19. The van der Waals surface area contributed by atoms with Gasteiger partial charge in [0.2, 0.25) is 0 Å². The van der Waals surface area contributed by atoms with Crippen molar-refractivity contribution in [1.29, 1.82) is 0 Å². The van der Waals surface area contributed by atoms with E-state index in [0.29, 0.717) is 18.7 Å². The average Bonchev–Trinajstić information content (AvgIpc) is 2.55. The predicted octanol–water partition coefficient (Wildman–Crippen LogP) is 3.02. The van der Waals surface area contributed by atoms with Crippen LogP contribution in [0.4, 0.5) is 14.5 Å². The molecule has 1 aliphatic rings. The first-order valence-electron chi connectivity index (χ1n) is 7.67. The molecular formula is C17H17F2N3O2. The van der Waals surface area contributed by atoms with E-state index in [4.69, 9.17) is 0 Å². The van der Waals surface area contributed by atoms with Crippen molar-refractivity contribution in [3.8, 4) is 0 Å². The van der Waals surface area contributed by atoms with Gasteiger partial charge in [0.25, 0.3) is 5.69 Å². The van der Waals surface area contributed by atoms with Crippen LogP contribution in [-0.4, -0.2) is 29.5 Å². The summed E-state index contributed by atoms with van der Waals surface area (Å²) in [4.78, 5) is 12.7. The van der Waals surface area contributed by atoms with E-state index in [1.54, 1.807) is 6.07 Å². The van der Waals surface area contributed by atoms with Crippen molar-refractivity contribution < 1.29 is 13.7 Å². The summed E-state index contributed by atoms with van der Waals surface area (Å²) < 4.78 is 27.1. The minimum atomic E-state index is -0.506. The van der Waals surface area contributed by atoms with Gasteiger partial charge in [0.1, 0.15) is 11.6 Å². The number of nitrogens with zero attached hydrogens (tertiary/aromatic N) is 2. The third-order valence-electron chi connectivity index (χ3n) is 4.20. The quantitative estimate of drug-likeness (QED) is 0.690. The van der Waals surface area contributed by atoms with Crippen LogP contribution in [0, 0.1) is 21.7 Å². The van der Waals surface area contributed by atoms with Gasteiger partial charge in [-0.25, -0.2) is 8.78 Å². The van der Waals surface area contributed by atoms with E-state index >= 15 is 0 Å². The number of piperazine rings is 1. The molecule has 0 radical (unpaired) electrons. The van der Waals surface area contributed by atoms with Crippen LogP contribution in [0.25, 0.3) is 0 Å². The van der Waals surface area contributed by atoms with Crippen molar-refractivity contribution in [2.24, 2.45) is 0 Å². The Hall–Kier alpha value is -2.38. The third kappa shape index (κ3) is 3.58. The van der Waals surface area contributed by atoms with Crippen molar-refractivity contribution in [1.82, 2.24) is 10.2 Å². The van der Waals surface area contributed by atoms with E-state index in [-0.39, 0.29) is 24.1 Å². The van der Waals surface area contributed by atoms with Crippen LogP contribution in [0.2, 0.25) is 0 Å². The zero-order valence-corrected chi connectivity index (χ0v) is 12.9. The molecule has 0 aliphatic carbocycles. The molecule has 1 aliphatic heterocycles. The maximum Gasteiger partial charge on any atom is 0.274 e. The van der Waals surface area contributed by atoms with E-state index in [1.807, 2.05) is 11.0 Å². The molecule has 3 rings (SSSR count). The van der Waals surface area contributed by atoms with Gasteiger partial charge in [-0.3, -0.25) is 15.0 Å². The number of hydrogen-bond donors (Lipinski definition) is 1. The maximum atomic E-state index is 13.5. The van der Waals surface area contributed by atoms with Crippen LogP contribution in [0.3, 0.4) is 0 Å². The van der Waals surface area contributed by atoms with Gasteiger partial charge in [-0.05, 0) is 29.8 Å². The van der Waals surface area contributed by atoms with Crippen LogP contribution < -0.4 is 5.32 Å². The summed E-state index contributed by atoms with van der Waals surface area (Å²) in [6, 6.07) is 9.65. The molecule has 126 valence electrons. The highest BCUT2D eigenvalue weighted by Crippen LogP contribution is 2.28. The fourth-order valence-electron chi connectivity index (χ4n) is 3.06. The zero-order chi connectivity index (χ0) is 17.1. The number of benzene rings is 2. The smallest absolute Gasteiger partial charge is 0.274 e. The Balaban J connectivity index is 1.90. The van der Waals surface area contributed by atoms with Gasteiger partial charge in [0.05, 0.1) is 4.92 Å². The molecule has 0 bridgehead atoms. The lowest BCUT2D eigenvalue weighted by atomic mass is 10.0. The molecule has 0 saturated carbocycles. The summed E-state index contributed by atoms with van der Waals surface area (Å²) in [6.07, 6.45) is 0.